The molecule has 4 rings (SSSR count). The fraction of sp³-hybridized carbons (Fsp3) is 0.273. The van der Waals surface area contributed by atoms with Gasteiger partial charge in [0.15, 0.2) is 0 Å². The van der Waals surface area contributed by atoms with Crippen molar-refractivity contribution in [2.24, 2.45) is 0 Å². The molecule has 1 aliphatic carbocycles. The lowest BCUT2D eigenvalue weighted by Crippen LogP contribution is -2.33. The molecule has 0 bridgehead atoms. The van der Waals surface area contributed by atoms with Crippen molar-refractivity contribution >= 4 is 17.1 Å². The molecule has 3 aromatic rings. The third-order valence-electron chi connectivity index (χ3n) is 5.15. The molecule has 3 nitrogen and oxygen atoms in total. The molecule has 25 heavy (non-hydrogen) atoms. The maximum Gasteiger partial charge on any atom is 0.0647 e. The summed E-state index contributed by atoms with van der Waals surface area (Å²) in [7, 11) is 0. The standard InChI is InChI=1S/C22H25N3/c23-21-13-4-5-14-22(21)25(18-9-2-1-3-10-18)20-12-8-11-19(17-20)24-15-6-7-16-24/h4-8,11-18H,1-3,9-10,23H2. The number of hydrogen-bond acceptors (Lipinski definition) is 2. The minimum absolute atomic E-state index is 0.512. The van der Waals surface area contributed by atoms with Crippen molar-refractivity contribution in [2.45, 2.75) is 38.1 Å². The second-order valence-electron chi connectivity index (χ2n) is 6.83. The Morgan fingerprint density at radius 1 is 0.840 bits per heavy atom. The number of nitrogen functional groups attached to an aromatic ring is 1. The van der Waals surface area contributed by atoms with Crippen molar-refractivity contribution in [1.82, 2.24) is 4.57 Å². The third kappa shape index (κ3) is 3.27. The highest BCUT2D eigenvalue weighted by Crippen LogP contribution is 2.37. The first kappa shape index (κ1) is 15.8. The third-order valence-corrected chi connectivity index (χ3v) is 5.15. The van der Waals surface area contributed by atoms with E-state index in [4.69, 9.17) is 5.73 Å². The molecule has 1 heterocycles. The Kier molecular flexibility index (Phi) is 4.47. The van der Waals surface area contributed by atoms with Crippen molar-refractivity contribution in [1.29, 1.82) is 0 Å². The zero-order valence-electron chi connectivity index (χ0n) is 14.5. The van der Waals surface area contributed by atoms with Crippen LogP contribution < -0.4 is 10.6 Å². The van der Waals surface area contributed by atoms with Crippen LogP contribution in [0, 0.1) is 0 Å². The molecule has 0 aliphatic heterocycles. The van der Waals surface area contributed by atoms with E-state index in [1.54, 1.807) is 0 Å². The van der Waals surface area contributed by atoms with Gasteiger partial charge in [0.2, 0.25) is 0 Å². The summed E-state index contributed by atoms with van der Waals surface area (Å²) in [6.45, 7) is 0. The first-order valence-corrected chi connectivity index (χ1v) is 9.20. The van der Waals surface area contributed by atoms with Gasteiger partial charge in [-0.25, -0.2) is 0 Å². The lowest BCUT2D eigenvalue weighted by molar-refractivity contribution is 0.436. The van der Waals surface area contributed by atoms with Crippen LogP contribution in [0.4, 0.5) is 17.1 Å². The predicted octanol–water partition coefficient (Wildman–Crippen LogP) is 5.53. The smallest absolute Gasteiger partial charge is 0.0647 e. The van der Waals surface area contributed by atoms with Crippen LogP contribution in [0.1, 0.15) is 32.1 Å². The molecule has 1 fully saturated rings. The maximum absolute atomic E-state index is 6.35. The summed E-state index contributed by atoms with van der Waals surface area (Å²) < 4.78 is 2.15. The number of rotatable bonds is 4. The molecule has 1 aromatic heterocycles. The van der Waals surface area contributed by atoms with Gasteiger partial charge in [-0.05, 0) is 55.3 Å². The molecule has 1 aliphatic rings. The minimum atomic E-state index is 0.512. The van der Waals surface area contributed by atoms with Gasteiger partial charge in [0.05, 0.1) is 11.4 Å². The summed E-state index contributed by atoms with van der Waals surface area (Å²) >= 11 is 0. The monoisotopic (exact) mass is 331 g/mol. The molecular formula is C22H25N3. The fourth-order valence-electron chi connectivity index (χ4n) is 3.90. The van der Waals surface area contributed by atoms with Crippen LogP contribution in [-0.4, -0.2) is 10.6 Å². The second-order valence-corrected chi connectivity index (χ2v) is 6.83. The van der Waals surface area contributed by atoms with Crippen LogP contribution in [-0.2, 0) is 0 Å². The van der Waals surface area contributed by atoms with Crippen molar-refractivity contribution < 1.29 is 0 Å². The Morgan fingerprint density at radius 2 is 1.60 bits per heavy atom. The van der Waals surface area contributed by atoms with Crippen LogP contribution in [0.15, 0.2) is 73.1 Å². The Hall–Kier alpha value is -2.68. The van der Waals surface area contributed by atoms with Crippen LogP contribution in [0.25, 0.3) is 5.69 Å². The Labute approximate surface area is 149 Å². The summed E-state index contributed by atoms with van der Waals surface area (Å²) in [6, 6.07) is 21.6. The molecule has 3 heteroatoms. The van der Waals surface area contributed by atoms with Gasteiger partial charge in [0.1, 0.15) is 0 Å². The molecule has 0 radical (unpaired) electrons. The zero-order valence-corrected chi connectivity index (χ0v) is 14.5. The number of anilines is 3. The number of benzene rings is 2. The second kappa shape index (κ2) is 7.06. The van der Waals surface area contributed by atoms with E-state index in [9.17, 15) is 0 Å². The van der Waals surface area contributed by atoms with Gasteiger partial charge in [-0.2, -0.15) is 0 Å². The molecule has 128 valence electrons. The SMILES string of the molecule is Nc1ccccc1N(c1cccc(-n2cccc2)c1)C1CCCCC1. The van der Waals surface area contributed by atoms with E-state index < -0.39 is 0 Å². The highest BCUT2D eigenvalue weighted by atomic mass is 15.2. The molecule has 0 spiro atoms. The van der Waals surface area contributed by atoms with Gasteiger partial charge >= 0.3 is 0 Å². The highest BCUT2D eigenvalue weighted by Gasteiger charge is 2.24. The van der Waals surface area contributed by atoms with Gasteiger partial charge in [-0.3, -0.25) is 0 Å². The Bertz CT molecular complexity index is 817. The normalized spacial score (nSPS) is 15.2. The van der Waals surface area contributed by atoms with Gasteiger partial charge in [-0.1, -0.05) is 37.5 Å². The predicted molar refractivity (Wildman–Crippen MR) is 106 cm³/mol. The van der Waals surface area contributed by atoms with Crippen molar-refractivity contribution in [3.05, 3.63) is 73.1 Å². The van der Waals surface area contributed by atoms with Crippen LogP contribution >= 0.6 is 0 Å². The number of nitrogens with two attached hydrogens (primary N) is 1. The molecular weight excluding hydrogens is 306 g/mol. The van der Waals surface area contributed by atoms with E-state index in [-0.39, 0.29) is 0 Å². The Balaban J connectivity index is 1.78. The van der Waals surface area contributed by atoms with Crippen LogP contribution in [0.2, 0.25) is 0 Å². The summed E-state index contributed by atoms with van der Waals surface area (Å²) in [4.78, 5) is 2.46. The van der Waals surface area contributed by atoms with Crippen LogP contribution in [0.5, 0.6) is 0 Å². The van der Waals surface area contributed by atoms with E-state index in [2.05, 4.69) is 70.4 Å². The zero-order chi connectivity index (χ0) is 17.1. The van der Waals surface area contributed by atoms with Gasteiger partial charge < -0.3 is 15.2 Å². The van der Waals surface area contributed by atoms with E-state index in [1.807, 2.05) is 12.1 Å². The molecule has 1 saturated carbocycles. The number of hydrogen-bond donors (Lipinski definition) is 1. The van der Waals surface area contributed by atoms with E-state index in [1.165, 1.54) is 43.5 Å². The molecule has 0 saturated heterocycles. The van der Waals surface area contributed by atoms with Crippen molar-refractivity contribution in [3.8, 4) is 5.69 Å². The summed E-state index contributed by atoms with van der Waals surface area (Å²) in [5, 5.41) is 0. The van der Waals surface area contributed by atoms with Crippen molar-refractivity contribution in [3.63, 3.8) is 0 Å². The summed E-state index contributed by atoms with van der Waals surface area (Å²) in [5.74, 6) is 0. The van der Waals surface area contributed by atoms with E-state index in [0.29, 0.717) is 6.04 Å². The largest absolute Gasteiger partial charge is 0.397 e. The summed E-state index contributed by atoms with van der Waals surface area (Å²) in [6.07, 6.45) is 10.6. The number of aromatic nitrogens is 1. The van der Waals surface area contributed by atoms with E-state index >= 15 is 0 Å². The molecule has 0 amide bonds. The fourth-order valence-corrected chi connectivity index (χ4v) is 3.90. The molecule has 2 aromatic carbocycles. The lowest BCUT2D eigenvalue weighted by Gasteiger charge is -2.37. The van der Waals surface area contributed by atoms with Gasteiger partial charge in [0.25, 0.3) is 0 Å². The van der Waals surface area contributed by atoms with Crippen molar-refractivity contribution in [2.75, 3.05) is 10.6 Å². The highest BCUT2D eigenvalue weighted by molar-refractivity contribution is 5.76. The first-order chi connectivity index (χ1) is 12.3. The van der Waals surface area contributed by atoms with E-state index in [0.717, 1.165) is 11.4 Å². The van der Waals surface area contributed by atoms with Gasteiger partial charge in [0, 0.05) is 29.8 Å². The average molecular weight is 331 g/mol. The molecule has 2 N–H and O–H groups in total. The maximum atomic E-state index is 6.35. The minimum Gasteiger partial charge on any atom is -0.397 e. The number of para-hydroxylation sites is 2. The quantitative estimate of drug-likeness (QED) is 0.638. The summed E-state index contributed by atoms with van der Waals surface area (Å²) in [5.41, 5.74) is 10.7. The Morgan fingerprint density at radius 3 is 2.36 bits per heavy atom. The number of nitrogens with zero attached hydrogens (tertiary/aromatic N) is 2. The molecule has 0 unspecified atom stereocenters. The molecule has 0 atom stereocenters. The topological polar surface area (TPSA) is 34.2 Å². The van der Waals surface area contributed by atoms with Crippen LogP contribution in [0.3, 0.4) is 0 Å². The average Bonchev–Trinajstić information content (AvgIpc) is 3.20. The van der Waals surface area contributed by atoms with Gasteiger partial charge in [-0.15, -0.1) is 0 Å². The lowest BCUT2D eigenvalue weighted by atomic mass is 9.93. The first-order valence-electron chi connectivity index (χ1n) is 9.20.